The SMILES string of the molecule is CCOC(=O)C(C)(C)Oc1ccc(OCc2c(C(F)(F)F)cc(-c3ccc(OC(F)(F)F)cc3)nc2C)cc1C.Cc1cc(O)ccc1OC(C)(C)C(=O)O. The molecule has 0 unspecified atom stereocenters. The van der Waals surface area contributed by atoms with E-state index in [-0.39, 0.29) is 40.6 Å². The highest BCUT2D eigenvalue weighted by atomic mass is 19.4. The second-order valence-electron chi connectivity index (χ2n) is 13.1. The molecule has 0 atom stereocenters. The number of carbonyl (C=O) groups is 2. The Morgan fingerprint density at radius 1 is 0.727 bits per heavy atom. The summed E-state index contributed by atoms with van der Waals surface area (Å²) in [5.74, 6) is -0.870. The molecule has 0 amide bonds. The number of rotatable bonds is 12. The first kappa shape index (κ1) is 43.7. The third-order valence-electron chi connectivity index (χ3n) is 7.72. The summed E-state index contributed by atoms with van der Waals surface area (Å²) in [6.45, 7) is 12.3. The van der Waals surface area contributed by atoms with Crippen LogP contribution in [-0.2, 0) is 27.1 Å². The number of esters is 1. The Bertz CT molecular complexity index is 1970. The number of phenols is 1. The number of hydrogen-bond donors (Lipinski definition) is 2. The number of carboxylic acids is 1. The molecule has 0 bridgehead atoms. The Balaban J connectivity index is 0.000000452. The van der Waals surface area contributed by atoms with E-state index < -0.39 is 53.6 Å². The lowest BCUT2D eigenvalue weighted by Crippen LogP contribution is -2.39. The minimum Gasteiger partial charge on any atom is -0.508 e. The predicted molar refractivity (Wildman–Crippen MR) is 188 cm³/mol. The van der Waals surface area contributed by atoms with Crippen LogP contribution in [0.25, 0.3) is 11.3 Å². The first-order valence-electron chi connectivity index (χ1n) is 16.6. The molecule has 0 radical (unpaired) electrons. The Hall–Kier alpha value is -5.67. The molecule has 0 saturated heterocycles. The molecule has 0 aliphatic heterocycles. The fourth-order valence-corrected chi connectivity index (χ4v) is 4.78. The van der Waals surface area contributed by atoms with Gasteiger partial charge < -0.3 is 33.9 Å². The molecule has 0 saturated carbocycles. The highest BCUT2D eigenvalue weighted by Crippen LogP contribution is 2.37. The molecule has 16 heteroatoms. The van der Waals surface area contributed by atoms with E-state index in [0.717, 1.165) is 18.2 Å². The number of alkyl halides is 6. The maximum atomic E-state index is 14.0. The van der Waals surface area contributed by atoms with Crippen molar-refractivity contribution in [2.24, 2.45) is 0 Å². The van der Waals surface area contributed by atoms with Crippen LogP contribution in [0.4, 0.5) is 26.3 Å². The van der Waals surface area contributed by atoms with Crippen molar-refractivity contribution >= 4 is 11.9 Å². The van der Waals surface area contributed by atoms with Crippen molar-refractivity contribution in [3.8, 4) is 40.0 Å². The van der Waals surface area contributed by atoms with E-state index in [4.69, 9.17) is 24.1 Å². The Kier molecular flexibility index (Phi) is 13.7. The lowest BCUT2D eigenvalue weighted by molar-refractivity contribution is -0.274. The van der Waals surface area contributed by atoms with Crippen molar-refractivity contribution in [2.75, 3.05) is 6.61 Å². The number of pyridine rings is 1. The molecule has 4 rings (SSSR count). The number of nitrogens with zero attached hydrogens (tertiary/aromatic N) is 1. The van der Waals surface area contributed by atoms with E-state index in [1.54, 1.807) is 46.8 Å². The molecule has 3 aromatic carbocycles. The van der Waals surface area contributed by atoms with Crippen molar-refractivity contribution in [1.29, 1.82) is 0 Å². The average molecular weight is 782 g/mol. The molecular formula is C39H41F6NO9. The molecule has 0 aliphatic rings. The van der Waals surface area contributed by atoms with Gasteiger partial charge in [0.25, 0.3) is 0 Å². The van der Waals surface area contributed by atoms with E-state index in [1.807, 2.05) is 0 Å². The topological polar surface area (TPSA) is 134 Å². The van der Waals surface area contributed by atoms with Crippen LogP contribution < -0.4 is 18.9 Å². The van der Waals surface area contributed by atoms with Crippen LogP contribution in [0.1, 0.15) is 62.6 Å². The first-order chi connectivity index (χ1) is 25.3. The summed E-state index contributed by atoms with van der Waals surface area (Å²) in [6.07, 6.45) is -9.65. The smallest absolute Gasteiger partial charge is 0.508 e. The van der Waals surface area contributed by atoms with Crippen LogP contribution in [-0.4, -0.2) is 51.3 Å². The first-order valence-corrected chi connectivity index (χ1v) is 16.6. The monoisotopic (exact) mass is 781 g/mol. The summed E-state index contributed by atoms with van der Waals surface area (Å²) in [5, 5.41) is 18.0. The molecule has 298 valence electrons. The normalized spacial score (nSPS) is 11.9. The molecular weight excluding hydrogens is 740 g/mol. The number of aryl methyl sites for hydroxylation is 3. The van der Waals surface area contributed by atoms with Crippen molar-refractivity contribution in [1.82, 2.24) is 4.98 Å². The van der Waals surface area contributed by atoms with E-state index >= 15 is 0 Å². The fraction of sp³-hybridized carbons (Fsp3) is 0.359. The number of aromatic nitrogens is 1. The van der Waals surface area contributed by atoms with Crippen LogP contribution in [0.2, 0.25) is 0 Å². The fourth-order valence-electron chi connectivity index (χ4n) is 4.78. The predicted octanol–water partition coefficient (Wildman–Crippen LogP) is 9.52. The van der Waals surface area contributed by atoms with Gasteiger partial charge in [-0.05, 0) is 133 Å². The molecule has 10 nitrogen and oxygen atoms in total. The number of ether oxygens (including phenoxy) is 5. The summed E-state index contributed by atoms with van der Waals surface area (Å²) in [7, 11) is 0. The van der Waals surface area contributed by atoms with Crippen LogP contribution in [0.15, 0.2) is 66.7 Å². The molecule has 0 spiro atoms. The van der Waals surface area contributed by atoms with Crippen LogP contribution in [0, 0.1) is 20.8 Å². The quantitative estimate of drug-likeness (QED) is 0.106. The second kappa shape index (κ2) is 17.2. The zero-order valence-electron chi connectivity index (χ0n) is 31.2. The Morgan fingerprint density at radius 3 is 1.78 bits per heavy atom. The maximum Gasteiger partial charge on any atom is 0.573 e. The third-order valence-corrected chi connectivity index (χ3v) is 7.72. The summed E-state index contributed by atoms with van der Waals surface area (Å²) in [6, 6.07) is 14.3. The number of benzene rings is 3. The number of carbonyl (C=O) groups excluding carboxylic acids is 1. The van der Waals surface area contributed by atoms with Crippen molar-refractivity contribution < 1.29 is 69.8 Å². The molecule has 4 aromatic rings. The van der Waals surface area contributed by atoms with Gasteiger partial charge in [-0.25, -0.2) is 9.59 Å². The molecule has 55 heavy (non-hydrogen) atoms. The van der Waals surface area contributed by atoms with Crippen molar-refractivity contribution in [3.05, 3.63) is 94.7 Å². The Labute approximate surface area is 313 Å². The van der Waals surface area contributed by atoms with Gasteiger partial charge in [-0.3, -0.25) is 4.98 Å². The lowest BCUT2D eigenvalue weighted by Gasteiger charge is -2.25. The second-order valence-corrected chi connectivity index (χ2v) is 13.1. The standard InChI is InChI=1S/C28H27F6NO5.C11H14O4/c1-6-37-25(36)26(4,5)40-24-12-11-20(13-16(24)2)38-15-21-17(3)35-23(14-22(21)27(29,30)31)18-7-9-19(10-8-18)39-28(32,33)34;1-7-6-8(12)4-5-9(7)15-11(2,3)10(13)14/h7-14H,6,15H2,1-5H3;4-6,12H,1-3H3,(H,13,14). The Morgan fingerprint density at radius 2 is 1.27 bits per heavy atom. The lowest BCUT2D eigenvalue weighted by atomic mass is 10.0. The van der Waals surface area contributed by atoms with Crippen LogP contribution >= 0.6 is 0 Å². The van der Waals surface area contributed by atoms with Crippen molar-refractivity contribution in [2.45, 2.75) is 85.7 Å². The molecule has 0 fully saturated rings. The minimum atomic E-state index is -4.90. The third kappa shape index (κ3) is 12.4. The van der Waals surface area contributed by atoms with Gasteiger partial charge in [0.05, 0.1) is 17.9 Å². The van der Waals surface area contributed by atoms with Crippen LogP contribution in [0.5, 0.6) is 28.7 Å². The number of carboxylic acid groups (broad SMARTS) is 1. The summed E-state index contributed by atoms with van der Waals surface area (Å²) in [5.41, 5.74) is -2.32. The van der Waals surface area contributed by atoms with E-state index in [1.165, 1.54) is 57.2 Å². The van der Waals surface area contributed by atoms with Gasteiger partial charge >= 0.3 is 24.5 Å². The number of phenolic OH excluding ortho intramolecular Hbond substituents is 1. The van der Waals surface area contributed by atoms with Gasteiger partial charge in [0.15, 0.2) is 11.2 Å². The van der Waals surface area contributed by atoms with Crippen LogP contribution in [0.3, 0.4) is 0 Å². The van der Waals surface area contributed by atoms with Gasteiger partial charge in [-0.2, -0.15) is 13.2 Å². The van der Waals surface area contributed by atoms with Gasteiger partial charge in [0.2, 0.25) is 0 Å². The number of halogens is 6. The van der Waals surface area contributed by atoms with Gasteiger partial charge in [-0.1, -0.05) is 0 Å². The van der Waals surface area contributed by atoms with E-state index in [0.29, 0.717) is 22.6 Å². The van der Waals surface area contributed by atoms with Gasteiger partial charge in [-0.15, -0.1) is 13.2 Å². The minimum absolute atomic E-state index is 0.0355. The molecule has 1 aromatic heterocycles. The van der Waals surface area contributed by atoms with Gasteiger partial charge in [0.1, 0.15) is 35.4 Å². The van der Waals surface area contributed by atoms with E-state index in [9.17, 15) is 41.0 Å². The summed E-state index contributed by atoms with van der Waals surface area (Å²) >= 11 is 0. The molecule has 0 aliphatic carbocycles. The molecule has 1 heterocycles. The average Bonchev–Trinajstić information content (AvgIpc) is 3.06. The molecule has 2 N–H and O–H groups in total. The van der Waals surface area contributed by atoms with Gasteiger partial charge in [0, 0.05) is 16.8 Å². The maximum absolute atomic E-state index is 14.0. The largest absolute Gasteiger partial charge is 0.573 e. The number of aliphatic carboxylic acids is 1. The number of hydrogen-bond acceptors (Lipinski definition) is 9. The van der Waals surface area contributed by atoms with E-state index in [2.05, 4.69) is 9.72 Å². The highest BCUT2D eigenvalue weighted by molar-refractivity contribution is 5.79. The summed E-state index contributed by atoms with van der Waals surface area (Å²) < 4.78 is 105. The summed E-state index contributed by atoms with van der Waals surface area (Å²) in [4.78, 5) is 27.2. The zero-order chi connectivity index (χ0) is 41.5. The highest BCUT2D eigenvalue weighted by Gasteiger charge is 2.36. The zero-order valence-corrected chi connectivity index (χ0v) is 31.2. The van der Waals surface area contributed by atoms with Crippen molar-refractivity contribution in [3.63, 3.8) is 0 Å². The number of aromatic hydroxyl groups is 1.